The van der Waals surface area contributed by atoms with E-state index >= 15 is 0 Å². The van der Waals surface area contributed by atoms with Crippen LogP contribution in [0, 0.1) is 5.92 Å². The molecule has 4 rings (SSSR count). The Labute approximate surface area is 156 Å². The summed E-state index contributed by atoms with van der Waals surface area (Å²) in [5.74, 6) is 0.734. The van der Waals surface area contributed by atoms with Crippen LogP contribution in [0.3, 0.4) is 0 Å². The minimum absolute atomic E-state index is 0.0470. The van der Waals surface area contributed by atoms with Gasteiger partial charge in [0.2, 0.25) is 5.91 Å². The van der Waals surface area contributed by atoms with Gasteiger partial charge in [-0.25, -0.2) is 0 Å². The third-order valence-electron chi connectivity index (χ3n) is 5.94. The van der Waals surface area contributed by atoms with E-state index in [1.807, 2.05) is 6.07 Å². The molecule has 3 nitrogen and oxygen atoms in total. The Balaban J connectivity index is 1.32. The summed E-state index contributed by atoms with van der Waals surface area (Å²) >= 11 is 0. The van der Waals surface area contributed by atoms with Crippen molar-refractivity contribution in [3.63, 3.8) is 0 Å². The predicted octanol–water partition coefficient (Wildman–Crippen LogP) is 4.45. The molecular weight excluding hydrogens is 320 g/mol. The van der Waals surface area contributed by atoms with Gasteiger partial charge in [0, 0.05) is 18.5 Å². The van der Waals surface area contributed by atoms with Gasteiger partial charge in [0.05, 0.1) is 6.04 Å². The Hall–Kier alpha value is -2.13. The fraction of sp³-hybridized carbons (Fsp3) is 0.435. The molecule has 0 spiro atoms. The molecule has 0 saturated carbocycles. The number of carbonyl (C=O) groups excluding carboxylic acids is 1. The molecule has 2 bridgehead atoms. The van der Waals surface area contributed by atoms with Gasteiger partial charge in [-0.05, 0) is 55.2 Å². The Kier molecular flexibility index (Phi) is 5.07. The van der Waals surface area contributed by atoms with Crippen molar-refractivity contribution in [2.45, 2.75) is 57.2 Å². The minimum atomic E-state index is 0.0470. The zero-order chi connectivity index (χ0) is 17.9. The minimum Gasteiger partial charge on any atom is -0.350 e. The molecule has 2 aromatic carbocycles. The van der Waals surface area contributed by atoms with Crippen molar-refractivity contribution in [1.29, 1.82) is 0 Å². The predicted molar refractivity (Wildman–Crippen MR) is 106 cm³/mol. The third kappa shape index (κ3) is 3.99. The summed E-state index contributed by atoms with van der Waals surface area (Å²) in [6, 6.07) is 20.2. The van der Waals surface area contributed by atoms with Crippen molar-refractivity contribution in [2.24, 2.45) is 5.92 Å². The molecule has 2 heterocycles. The number of hydrogen-bond acceptors (Lipinski definition) is 2. The van der Waals surface area contributed by atoms with Crippen molar-refractivity contribution in [1.82, 2.24) is 10.6 Å². The van der Waals surface area contributed by atoms with Crippen molar-refractivity contribution >= 4 is 5.91 Å². The summed E-state index contributed by atoms with van der Waals surface area (Å²) in [4.78, 5) is 12.5. The van der Waals surface area contributed by atoms with Crippen LogP contribution in [0.1, 0.15) is 50.6 Å². The first-order chi connectivity index (χ1) is 12.7. The van der Waals surface area contributed by atoms with Gasteiger partial charge in [0.15, 0.2) is 0 Å². The van der Waals surface area contributed by atoms with Crippen molar-refractivity contribution in [2.75, 3.05) is 0 Å². The second-order valence-corrected chi connectivity index (χ2v) is 7.96. The number of hydrogen-bond donors (Lipinski definition) is 2. The lowest BCUT2D eigenvalue weighted by molar-refractivity contribution is -0.122. The number of nitrogens with one attached hydrogen (secondary N) is 2. The Morgan fingerprint density at radius 2 is 1.62 bits per heavy atom. The number of carbonyl (C=O) groups is 1. The molecule has 136 valence electrons. The molecule has 3 heteroatoms. The second kappa shape index (κ2) is 7.63. The largest absolute Gasteiger partial charge is 0.350 e. The molecule has 0 aliphatic carbocycles. The molecule has 0 aromatic heterocycles. The normalized spacial score (nSPS) is 25.7. The van der Waals surface area contributed by atoms with Gasteiger partial charge in [-0.15, -0.1) is 0 Å². The first-order valence-corrected chi connectivity index (χ1v) is 9.88. The molecule has 2 aliphatic heterocycles. The van der Waals surface area contributed by atoms with Gasteiger partial charge < -0.3 is 10.6 Å². The highest BCUT2D eigenvalue weighted by atomic mass is 16.1. The van der Waals surface area contributed by atoms with Crippen LogP contribution in [-0.4, -0.2) is 18.0 Å². The SMILES string of the molecule is CC(NC(=O)CC1CC2CCC(C1)N2)c1ccc(-c2ccccc2)cc1. The molecular formula is C23H28N2O. The second-order valence-electron chi connectivity index (χ2n) is 7.96. The third-order valence-corrected chi connectivity index (χ3v) is 5.94. The molecule has 3 atom stereocenters. The smallest absolute Gasteiger partial charge is 0.220 e. The van der Waals surface area contributed by atoms with E-state index < -0.39 is 0 Å². The molecule has 1 amide bonds. The van der Waals surface area contributed by atoms with Gasteiger partial charge in [0.1, 0.15) is 0 Å². The lowest BCUT2D eigenvalue weighted by Gasteiger charge is -2.29. The lowest BCUT2D eigenvalue weighted by Crippen LogP contribution is -2.40. The zero-order valence-electron chi connectivity index (χ0n) is 15.4. The van der Waals surface area contributed by atoms with Crippen molar-refractivity contribution < 1.29 is 4.79 Å². The average molecular weight is 348 g/mol. The van der Waals surface area contributed by atoms with Crippen LogP contribution in [0.4, 0.5) is 0 Å². The zero-order valence-corrected chi connectivity index (χ0v) is 15.4. The molecule has 2 N–H and O–H groups in total. The van der Waals surface area contributed by atoms with Crippen LogP contribution in [0.2, 0.25) is 0 Å². The summed E-state index contributed by atoms with van der Waals surface area (Å²) < 4.78 is 0. The number of piperidine rings is 1. The van der Waals surface area contributed by atoms with Crippen LogP contribution in [0.5, 0.6) is 0 Å². The van der Waals surface area contributed by atoms with Gasteiger partial charge in [-0.2, -0.15) is 0 Å². The molecule has 0 radical (unpaired) electrons. The van der Waals surface area contributed by atoms with Crippen LogP contribution in [0.25, 0.3) is 11.1 Å². The van der Waals surface area contributed by atoms with Crippen LogP contribution >= 0.6 is 0 Å². The van der Waals surface area contributed by atoms with E-state index in [4.69, 9.17) is 0 Å². The van der Waals surface area contributed by atoms with Crippen molar-refractivity contribution in [3.05, 3.63) is 60.2 Å². The highest BCUT2D eigenvalue weighted by Gasteiger charge is 2.34. The summed E-state index contributed by atoms with van der Waals surface area (Å²) in [7, 11) is 0. The van der Waals surface area contributed by atoms with E-state index in [0.29, 0.717) is 24.4 Å². The highest BCUT2D eigenvalue weighted by Crippen LogP contribution is 2.32. The number of fused-ring (bicyclic) bond motifs is 2. The maximum atomic E-state index is 12.5. The Morgan fingerprint density at radius 3 is 2.27 bits per heavy atom. The van der Waals surface area contributed by atoms with Gasteiger partial charge >= 0.3 is 0 Å². The van der Waals surface area contributed by atoms with E-state index in [9.17, 15) is 4.79 Å². The van der Waals surface area contributed by atoms with Gasteiger partial charge in [-0.1, -0.05) is 54.6 Å². The number of benzene rings is 2. The summed E-state index contributed by atoms with van der Waals surface area (Å²) in [6.07, 6.45) is 5.55. The number of amides is 1. The monoisotopic (exact) mass is 348 g/mol. The van der Waals surface area contributed by atoms with Crippen LogP contribution in [-0.2, 0) is 4.79 Å². The lowest BCUT2D eigenvalue weighted by atomic mass is 9.89. The van der Waals surface area contributed by atoms with Gasteiger partial charge in [0.25, 0.3) is 0 Å². The van der Waals surface area contributed by atoms with E-state index in [0.717, 1.165) is 18.4 Å². The molecule has 26 heavy (non-hydrogen) atoms. The van der Waals surface area contributed by atoms with E-state index in [2.05, 4.69) is 66.1 Å². The maximum Gasteiger partial charge on any atom is 0.220 e. The molecule has 2 aromatic rings. The van der Waals surface area contributed by atoms with Crippen LogP contribution < -0.4 is 10.6 Å². The quantitative estimate of drug-likeness (QED) is 0.838. The molecule has 3 unspecified atom stereocenters. The topological polar surface area (TPSA) is 41.1 Å². The standard InChI is InChI=1S/C23H28N2O/c1-16(18-7-9-20(10-8-18)19-5-3-2-4-6-19)24-23(26)15-17-13-21-11-12-22(14-17)25-21/h2-10,16-17,21-22,25H,11-15H2,1H3,(H,24,26). The maximum absolute atomic E-state index is 12.5. The van der Waals surface area contributed by atoms with Gasteiger partial charge in [-0.3, -0.25) is 4.79 Å². The first kappa shape index (κ1) is 17.3. The fourth-order valence-electron chi connectivity index (χ4n) is 4.58. The molecule has 2 saturated heterocycles. The van der Waals surface area contributed by atoms with E-state index in [1.54, 1.807) is 0 Å². The Morgan fingerprint density at radius 1 is 1.00 bits per heavy atom. The fourth-order valence-corrected chi connectivity index (χ4v) is 4.58. The van der Waals surface area contributed by atoms with E-state index in [1.165, 1.54) is 24.0 Å². The molecule has 2 fully saturated rings. The molecule has 2 aliphatic rings. The van der Waals surface area contributed by atoms with E-state index in [-0.39, 0.29) is 11.9 Å². The van der Waals surface area contributed by atoms with Crippen LogP contribution in [0.15, 0.2) is 54.6 Å². The average Bonchev–Trinajstić information content (AvgIpc) is 3.00. The highest BCUT2D eigenvalue weighted by molar-refractivity contribution is 5.76. The summed E-state index contributed by atoms with van der Waals surface area (Å²) in [6.45, 7) is 2.07. The van der Waals surface area contributed by atoms with Crippen molar-refractivity contribution in [3.8, 4) is 11.1 Å². The number of rotatable bonds is 5. The Bertz CT molecular complexity index is 729. The summed E-state index contributed by atoms with van der Waals surface area (Å²) in [5.41, 5.74) is 3.58. The summed E-state index contributed by atoms with van der Waals surface area (Å²) in [5, 5.41) is 6.84. The first-order valence-electron chi connectivity index (χ1n) is 9.88.